The fourth-order valence-electron chi connectivity index (χ4n) is 1.71. The van der Waals surface area contributed by atoms with Crippen LogP contribution in [0.1, 0.15) is 29.6 Å². The number of unbranched alkanes of at least 4 members (excludes halogenated alkanes) is 2. The molecule has 1 amide bonds. The van der Waals surface area contributed by atoms with E-state index in [-0.39, 0.29) is 12.6 Å². The lowest BCUT2D eigenvalue weighted by molar-refractivity contribution is 0.0828. The average Bonchev–Trinajstić information content (AvgIpc) is 2.38. The molecule has 1 aromatic rings. The van der Waals surface area contributed by atoms with Crippen molar-refractivity contribution in [3.63, 3.8) is 0 Å². The Labute approximate surface area is 118 Å². The van der Waals surface area contributed by atoms with Gasteiger partial charge in [0.1, 0.15) is 0 Å². The summed E-state index contributed by atoms with van der Waals surface area (Å²) in [6, 6.07) is 5.16. The number of amides is 1. The van der Waals surface area contributed by atoms with Gasteiger partial charge in [-0.25, -0.2) is 0 Å². The molecule has 1 rings (SSSR count). The van der Waals surface area contributed by atoms with E-state index < -0.39 is 0 Å². The summed E-state index contributed by atoms with van der Waals surface area (Å²) in [5.74, 6) is -0.0667. The van der Waals surface area contributed by atoms with Crippen molar-refractivity contribution in [2.24, 2.45) is 0 Å². The number of rotatable bonds is 7. The van der Waals surface area contributed by atoms with Gasteiger partial charge >= 0.3 is 0 Å². The van der Waals surface area contributed by atoms with Crippen LogP contribution in [0.2, 0.25) is 5.02 Å². The van der Waals surface area contributed by atoms with Crippen molar-refractivity contribution in [2.45, 2.75) is 19.3 Å². The van der Waals surface area contributed by atoms with E-state index in [1.54, 1.807) is 32.3 Å². The number of anilines is 1. The van der Waals surface area contributed by atoms with Gasteiger partial charge in [0.25, 0.3) is 5.91 Å². The van der Waals surface area contributed by atoms with Crippen molar-refractivity contribution in [3.8, 4) is 0 Å². The van der Waals surface area contributed by atoms with Crippen LogP contribution in [0, 0.1) is 0 Å². The summed E-state index contributed by atoms with van der Waals surface area (Å²) in [5, 5.41) is 3.78. The Bertz CT molecular complexity index is 424. The zero-order valence-corrected chi connectivity index (χ0v) is 12.1. The molecule has 0 spiro atoms. The van der Waals surface area contributed by atoms with Crippen LogP contribution < -0.4 is 5.32 Å². The van der Waals surface area contributed by atoms with Crippen molar-refractivity contribution in [1.29, 1.82) is 0 Å². The summed E-state index contributed by atoms with van der Waals surface area (Å²) >= 11 is 5.95. The number of hydrogen-bond donors (Lipinski definition) is 1. The molecule has 0 atom stereocenters. The van der Waals surface area contributed by atoms with Crippen LogP contribution in [0.15, 0.2) is 18.2 Å². The van der Waals surface area contributed by atoms with Crippen LogP contribution in [0.25, 0.3) is 0 Å². The average molecular weight is 287 g/mol. The summed E-state index contributed by atoms with van der Waals surface area (Å²) in [6.07, 6.45) is 2.29. The van der Waals surface area contributed by atoms with Crippen molar-refractivity contribution < 1.29 is 9.18 Å². The van der Waals surface area contributed by atoms with Gasteiger partial charge in [0.15, 0.2) is 0 Å². The van der Waals surface area contributed by atoms with Gasteiger partial charge in [-0.05, 0) is 37.5 Å². The second-order valence-corrected chi connectivity index (χ2v) is 5.00. The molecule has 0 aromatic heterocycles. The van der Waals surface area contributed by atoms with E-state index in [9.17, 15) is 9.18 Å². The lowest BCUT2D eigenvalue weighted by atomic mass is 10.1. The van der Waals surface area contributed by atoms with Crippen molar-refractivity contribution in [2.75, 3.05) is 32.6 Å². The largest absolute Gasteiger partial charge is 0.384 e. The molecular weight excluding hydrogens is 267 g/mol. The molecular formula is C14H20ClFN2O. The van der Waals surface area contributed by atoms with Crippen molar-refractivity contribution in [1.82, 2.24) is 4.90 Å². The third-order valence-corrected chi connectivity index (χ3v) is 2.98. The number of nitrogens with zero attached hydrogens (tertiary/aromatic N) is 1. The Hall–Kier alpha value is -1.29. The number of benzene rings is 1. The van der Waals surface area contributed by atoms with Crippen molar-refractivity contribution >= 4 is 23.2 Å². The van der Waals surface area contributed by atoms with Crippen LogP contribution in [-0.2, 0) is 0 Å². The first-order valence-electron chi connectivity index (χ1n) is 6.37. The van der Waals surface area contributed by atoms with Crippen LogP contribution in [0.5, 0.6) is 0 Å². The number of halogens is 2. The lowest BCUT2D eigenvalue weighted by Gasteiger charge is -2.15. The first-order valence-corrected chi connectivity index (χ1v) is 6.75. The minimum atomic E-state index is -0.276. The first kappa shape index (κ1) is 15.8. The quantitative estimate of drug-likeness (QED) is 0.777. The minimum Gasteiger partial charge on any atom is -0.384 e. The van der Waals surface area contributed by atoms with E-state index in [1.807, 2.05) is 0 Å². The fourth-order valence-corrected chi connectivity index (χ4v) is 1.88. The molecule has 0 bridgehead atoms. The Morgan fingerprint density at radius 2 is 2.05 bits per heavy atom. The fraction of sp³-hybridized carbons (Fsp3) is 0.500. The molecule has 0 aliphatic rings. The van der Waals surface area contributed by atoms with Gasteiger partial charge in [-0.2, -0.15) is 0 Å². The summed E-state index contributed by atoms with van der Waals surface area (Å²) in [4.78, 5) is 13.5. The zero-order chi connectivity index (χ0) is 14.3. The Morgan fingerprint density at radius 3 is 2.68 bits per heavy atom. The summed E-state index contributed by atoms with van der Waals surface area (Å²) in [5.41, 5.74) is 1.33. The second-order valence-electron chi connectivity index (χ2n) is 4.57. The Balaban J connectivity index is 2.69. The SMILES string of the molecule is CN(C)C(=O)c1ccc(Cl)cc1NCCCCCF. The van der Waals surface area contributed by atoms with Gasteiger partial charge in [-0.15, -0.1) is 0 Å². The number of carbonyl (C=O) groups is 1. The maximum absolute atomic E-state index is 12.0. The van der Waals surface area contributed by atoms with Gasteiger partial charge in [-0.1, -0.05) is 11.6 Å². The van der Waals surface area contributed by atoms with Gasteiger partial charge in [-0.3, -0.25) is 9.18 Å². The van der Waals surface area contributed by atoms with Crippen molar-refractivity contribution in [3.05, 3.63) is 28.8 Å². The van der Waals surface area contributed by atoms with Gasteiger partial charge in [0.2, 0.25) is 0 Å². The molecule has 0 heterocycles. The summed E-state index contributed by atoms with van der Waals surface area (Å²) in [6.45, 7) is 0.426. The number of carbonyl (C=O) groups excluding carboxylic acids is 1. The van der Waals surface area contributed by atoms with Crippen LogP contribution in [0.3, 0.4) is 0 Å². The van der Waals surface area contributed by atoms with E-state index >= 15 is 0 Å². The zero-order valence-electron chi connectivity index (χ0n) is 11.4. The Morgan fingerprint density at radius 1 is 1.32 bits per heavy atom. The predicted octanol–water partition coefficient (Wildman–Crippen LogP) is 3.59. The highest BCUT2D eigenvalue weighted by atomic mass is 35.5. The minimum absolute atomic E-state index is 0.0667. The molecule has 0 aliphatic carbocycles. The molecule has 1 aromatic carbocycles. The maximum Gasteiger partial charge on any atom is 0.255 e. The first-order chi connectivity index (χ1) is 9.06. The van der Waals surface area contributed by atoms with E-state index in [4.69, 9.17) is 11.6 Å². The molecule has 0 saturated heterocycles. The summed E-state index contributed by atoms with van der Waals surface area (Å²) in [7, 11) is 3.42. The van der Waals surface area contributed by atoms with Crippen LogP contribution in [0.4, 0.5) is 10.1 Å². The number of nitrogens with one attached hydrogen (secondary N) is 1. The molecule has 0 saturated carbocycles. The molecule has 106 valence electrons. The molecule has 0 unspecified atom stereocenters. The predicted molar refractivity (Wildman–Crippen MR) is 77.8 cm³/mol. The maximum atomic E-state index is 12.0. The smallest absolute Gasteiger partial charge is 0.255 e. The molecule has 0 aliphatic heterocycles. The standard InChI is InChI=1S/C14H20ClFN2O/c1-18(2)14(19)12-7-6-11(15)10-13(12)17-9-5-3-4-8-16/h6-7,10,17H,3-5,8-9H2,1-2H3. The van der Waals surface area contributed by atoms with E-state index in [1.165, 1.54) is 4.90 Å². The van der Waals surface area contributed by atoms with E-state index in [0.717, 1.165) is 18.5 Å². The van der Waals surface area contributed by atoms with Crippen LogP contribution in [-0.4, -0.2) is 38.1 Å². The summed E-state index contributed by atoms with van der Waals surface area (Å²) < 4.78 is 12.0. The monoisotopic (exact) mass is 286 g/mol. The second kappa shape index (κ2) is 8.00. The molecule has 5 heteroatoms. The third kappa shape index (κ3) is 5.07. The molecule has 0 fully saturated rings. The lowest BCUT2D eigenvalue weighted by Crippen LogP contribution is -2.23. The number of alkyl halides is 1. The van der Waals surface area contributed by atoms with Gasteiger partial charge in [0.05, 0.1) is 12.2 Å². The normalized spacial score (nSPS) is 10.3. The highest BCUT2D eigenvalue weighted by Gasteiger charge is 2.13. The van der Waals surface area contributed by atoms with Gasteiger partial charge < -0.3 is 10.2 Å². The molecule has 1 N–H and O–H groups in total. The highest BCUT2D eigenvalue weighted by molar-refractivity contribution is 6.31. The van der Waals surface area contributed by atoms with Gasteiger partial charge in [0, 0.05) is 31.4 Å². The molecule has 0 radical (unpaired) electrons. The highest BCUT2D eigenvalue weighted by Crippen LogP contribution is 2.22. The number of hydrogen-bond acceptors (Lipinski definition) is 2. The van der Waals surface area contributed by atoms with E-state index in [2.05, 4.69) is 5.32 Å². The van der Waals surface area contributed by atoms with Crippen LogP contribution >= 0.6 is 11.6 Å². The third-order valence-electron chi connectivity index (χ3n) is 2.74. The Kier molecular flexibility index (Phi) is 6.64. The molecule has 3 nitrogen and oxygen atoms in total. The molecule has 19 heavy (non-hydrogen) atoms. The van der Waals surface area contributed by atoms with E-state index in [0.29, 0.717) is 23.6 Å². The topological polar surface area (TPSA) is 32.3 Å².